The second-order valence-corrected chi connectivity index (χ2v) is 11.4. The van der Waals surface area contributed by atoms with Crippen LogP contribution in [0.3, 0.4) is 0 Å². The Kier molecular flexibility index (Phi) is 5.44. The molecule has 7 nitrogen and oxygen atoms in total. The Labute approximate surface area is 266 Å². The summed E-state index contributed by atoms with van der Waals surface area (Å²) in [5.74, 6) is 2.23. The quantitative estimate of drug-likeness (QED) is 0.197. The van der Waals surface area contributed by atoms with Crippen LogP contribution < -0.4 is 0 Å². The van der Waals surface area contributed by atoms with Crippen molar-refractivity contribution in [2.45, 2.75) is 0 Å². The van der Waals surface area contributed by atoms with Crippen molar-refractivity contribution in [2.75, 3.05) is 0 Å². The summed E-state index contributed by atoms with van der Waals surface area (Å²) in [5.41, 5.74) is 7.93. The van der Waals surface area contributed by atoms with Crippen molar-refractivity contribution in [3.8, 4) is 45.6 Å². The summed E-state index contributed by atoms with van der Waals surface area (Å²) in [5, 5.41) is 3.76. The van der Waals surface area contributed by atoms with Gasteiger partial charge in [0.2, 0.25) is 5.89 Å². The Morgan fingerprint density at radius 1 is 0.362 bits per heavy atom. The van der Waals surface area contributed by atoms with Crippen LogP contribution in [0.1, 0.15) is 0 Å². The molecule has 220 valence electrons. The van der Waals surface area contributed by atoms with E-state index in [2.05, 4.69) is 6.07 Å². The number of furan rings is 2. The minimum Gasteiger partial charge on any atom is -0.456 e. The molecule has 0 aliphatic rings. The molecule has 4 aromatic heterocycles. The number of benzene rings is 6. The summed E-state index contributed by atoms with van der Waals surface area (Å²) in [4.78, 5) is 20.0. The Balaban J connectivity index is 1.23. The average molecular weight is 607 g/mol. The first-order valence-electron chi connectivity index (χ1n) is 15.3. The molecule has 0 spiro atoms. The lowest BCUT2D eigenvalue weighted by Crippen LogP contribution is -2.00. The molecule has 0 aliphatic heterocycles. The van der Waals surface area contributed by atoms with Crippen LogP contribution in [-0.2, 0) is 0 Å². The van der Waals surface area contributed by atoms with Crippen LogP contribution in [0, 0.1) is 0 Å². The smallest absolute Gasteiger partial charge is 0.227 e. The molecular weight excluding hydrogens is 584 g/mol. The highest BCUT2D eigenvalue weighted by atomic mass is 16.4. The highest BCUT2D eigenvalue weighted by Crippen LogP contribution is 2.40. The number of aromatic nitrogens is 4. The van der Waals surface area contributed by atoms with E-state index in [-0.39, 0.29) is 0 Å². The fraction of sp³-hybridized carbons (Fsp3) is 0. The summed E-state index contributed by atoms with van der Waals surface area (Å²) in [6.07, 6.45) is 0. The van der Waals surface area contributed by atoms with E-state index in [0.717, 1.165) is 66.1 Å². The van der Waals surface area contributed by atoms with E-state index in [1.807, 2.05) is 127 Å². The van der Waals surface area contributed by atoms with E-state index in [0.29, 0.717) is 34.5 Å². The molecule has 7 heteroatoms. The van der Waals surface area contributed by atoms with Crippen molar-refractivity contribution in [1.29, 1.82) is 0 Å². The molecule has 10 aromatic rings. The van der Waals surface area contributed by atoms with Crippen LogP contribution in [-0.4, -0.2) is 19.9 Å². The number of oxazole rings is 1. The van der Waals surface area contributed by atoms with Gasteiger partial charge in [-0.05, 0) is 36.4 Å². The van der Waals surface area contributed by atoms with E-state index in [1.165, 1.54) is 0 Å². The van der Waals surface area contributed by atoms with Crippen molar-refractivity contribution in [1.82, 2.24) is 19.9 Å². The van der Waals surface area contributed by atoms with Gasteiger partial charge < -0.3 is 13.3 Å². The van der Waals surface area contributed by atoms with Crippen molar-refractivity contribution < 1.29 is 13.3 Å². The molecular formula is C40H22N4O3. The molecule has 0 bridgehead atoms. The highest BCUT2D eigenvalue weighted by Gasteiger charge is 2.21. The van der Waals surface area contributed by atoms with Gasteiger partial charge in [-0.2, -0.15) is 0 Å². The minimum absolute atomic E-state index is 0.537. The van der Waals surface area contributed by atoms with Crippen LogP contribution in [0.5, 0.6) is 0 Å². The van der Waals surface area contributed by atoms with Crippen LogP contribution in [0.4, 0.5) is 0 Å². The van der Waals surface area contributed by atoms with Gasteiger partial charge in [0.1, 0.15) is 27.8 Å². The van der Waals surface area contributed by atoms with E-state index < -0.39 is 0 Å². The molecule has 0 amide bonds. The fourth-order valence-electron chi connectivity index (χ4n) is 6.43. The van der Waals surface area contributed by atoms with Crippen molar-refractivity contribution in [3.63, 3.8) is 0 Å². The molecule has 4 heterocycles. The van der Waals surface area contributed by atoms with Crippen molar-refractivity contribution in [2.24, 2.45) is 0 Å². The molecule has 6 aromatic carbocycles. The van der Waals surface area contributed by atoms with Gasteiger partial charge in [-0.1, -0.05) is 91.0 Å². The number of hydrogen-bond donors (Lipinski definition) is 0. The third-order valence-corrected chi connectivity index (χ3v) is 8.58. The summed E-state index contributed by atoms with van der Waals surface area (Å²) >= 11 is 0. The number of nitrogens with zero attached hydrogens (tertiary/aromatic N) is 4. The number of rotatable bonds is 4. The van der Waals surface area contributed by atoms with Gasteiger partial charge in [0.15, 0.2) is 23.1 Å². The largest absolute Gasteiger partial charge is 0.456 e. The fourth-order valence-corrected chi connectivity index (χ4v) is 6.43. The molecule has 0 radical (unpaired) electrons. The van der Waals surface area contributed by atoms with Crippen molar-refractivity contribution >= 4 is 55.0 Å². The van der Waals surface area contributed by atoms with Crippen molar-refractivity contribution in [3.05, 3.63) is 133 Å². The highest BCUT2D eigenvalue weighted by molar-refractivity contribution is 6.15. The van der Waals surface area contributed by atoms with E-state index in [9.17, 15) is 0 Å². The van der Waals surface area contributed by atoms with E-state index >= 15 is 0 Å². The third kappa shape index (κ3) is 4.07. The predicted octanol–water partition coefficient (Wildman–Crippen LogP) is 10.5. The molecule has 0 N–H and O–H groups in total. The summed E-state index contributed by atoms with van der Waals surface area (Å²) < 4.78 is 18.9. The molecule has 10 rings (SSSR count). The summed E-state index contributed by atoms with van der Waals surface area (Å²) in [6.45, 7) is 0. The predicted molar refractivity (Wildman–Crippen MR) is 184 cm³/mol. The van der Waals surface area contributed by atoms with Crippen LogP contribution >= 0.6 is 0 Å². The van der Waals surface area contributed by atoms with Gasteiger partial charge in [-0.15, -0.1) is 0 Å². The maximum Gasteiger partial charge on any atom is 0.227 e. The molecule has 0 atom stereocenters. The van der Waals surface area contributed by atoms with Gasteiger partial charge in [-0.25, -0.2) is 19.9 Å². The van der Waals surface area contributed by atoms with E-state index in [1.54, 1.807) is 0 Å². The first-order chi connectivity index (χ1) is 23.3. The zero-order valence-corrected chi connectivity index (χ0v) is 24.7. The van der Waals surface area contributed by atoms with Gasteiger partial charge in [0.25, 0.3) is 0 Å². The zero-order valence-electron chi connectivity index (χ0n) is 24.7. The standard InChI is InChI=1S/C40H22N4O3/c1-3-11-23(12-4-1)37-42-38(26-16-9-19-31-35(26)25-15-7-8-18-30(25)45-31)44-39(43-37)27-17-10-20-32-36(27)28-21-34-29(22-33(28)46-32)41-40(47-34)24-13-5-2-6-14-24/h1-22H. The first-order valence-corrected chi connectivity index (χ1v) is 15.3. The lowest BCUT2D eigenvalue weighted by Gasteiger charge is -2.10. The summed E-state index contributed by atoms with van der Waals surface area (Å²) in [7, 11) is 0. The second kappa shape index (κ2) is 9.95. The Morgan fingerprint density at radius 3 is 1.66 bits per heavy atom. The van der Waals surface area contributed by atoms with E-state index in [4.69, 9.17) is 33.2 Å². The first kappa shape index (κ1) is 25.7. The monoisotopic (exact) mass is 606 g/mol. The number of hydrogen-bond acceptors (Lipinski definition) is 7. The van der Waals surface area contributed by atoms with Crippen LogP contribution in [0.15, 0.2) is 147 Å². The Morgan fingerprint density at radius 2 is 0.936 bits per heavy atom. The van der Waals surface area contributed by atoms with Crippen LogP contribution in [0.25, 0.3) is 101 Å². The number of fused-ring (bicyclic) bond motifs is 7. The Bertz CT molecular complexity index is 2800. The number of para-hydroxylation sites is 1. The third-order valence-electron chi connectivity index (χ3n) is 8.58. The molecule has 0 saturated carbocycles. The minimum atomic E-state index is 0.537. The maximum absolute atomic E-state index is 6.40. The molecule has 0 unspecified atom stereocenters. The molecule has 0 aliphatic carbocycles. The average Bonchev–Trinajstić information content (AvgIpc) is 3.84. The Hall–Kier alpha value is -6.60. The molecule has 0 saturated heterocycles. The van der Waals surface area contributed by atoms with Gasteiger partial charge in [0.05, 0.1) is 0 Å². The zero-order chi connectivity index (χ0) is 30.9. The SMILES string of the molecule is c1ccc(-c2nc(-c3cccc4oc5ccccc5c34)nc(-c3cccc4oc5cc6nc(-c7ccccc7)oc6cc5c34)n2)cc1. The lowest BCUT2D eigenvalue weighted by molar-refractivity contribution is 0.620. The summed E-state index contributed by atoms with van der Waals surface area (Å²) in [6, 6.07) is 43.8. The van der Waals surface area contributed by atoms with Gasteiger partial charge in [0, 0.05) is 49.9 Å². The van der Waals surface area contributed by atoms with Gasteiger partial charge >= 0.3 is 0 Å². The van der Waals surface area contributed by atoms with Crippen LogP contribution in [0.2, 0.25) is 0 Å². The maximum atomic E-state index is 6.40. The molecule has 0 fully saturated rings. The lowest BCUT2D eigenvalue weighted by atomic mass is 10.0. The normalized spacial score (nSPS) is 11.8. The van der Waals surface area contributed by atoms with Gasteiger partial charge in [-0.3, -0.25) is 0 Å². The second-order valence-electron chi connectivity index (χ2n) is 11.4. The topological polar surface area (TPSA) is 91.0 Å². The molecule has 47 heavy (non-hydrogen) atoms.